The van der Waals surface area contributed by atoms with Crippen LogP contribution in [0.25, 0.3) is 0 Å². The van der Waals surface area contributed by atoms with Gasteiger partial charge in [-0.3, -0.25) is 4.89 Å². The number of hydrogen-bond donors (Lipinski definition) is 3. The molecular weight excluding hydrogens is 342 g/mol. The second kappa shape index (κ2) is 6.32. The van der Waals surface area contributed by atoms with E-state index < -0.39 is 21.1 Å². The topological polar surface area (TPSA) is 113 Å². The fourth-order valence-corrected chi connectivity index (χ4v) is 3.55. The molecule has 0 saturated heterocycles. The highest BCUT2D eigenvalue weighted by Crippen LogP contribution is 2.58. The predicted molar refractivity (Wildman–Crippen MR) is 87.4 cm³/mol. The lowest BCUT2D eigenvalue weighted by atomic mass is 9.80. The number of benzene rings is 1. The van der Waals surface area contributed by atoms with E-state index in [1.54, 1.807) is 6.07 Å². The Kier molecular flexibility index (Phi) is 5.60. The molecule has 1 aromatic rings. The van der Waals surface area contributed by atoms with Crippen LogP contribution < -0.4 is 4.52 Å². The molecule has 0 aliphatic carbocycles. The summed E-state index contributed by atoms with van der Waals surface area (Å²) in [5, 5.41) is 0. The Morgan fingerprint density at radius 1 is 0.913 bits per heavy atom. The molecule has 0 spiro atoms. The second-order valence-electron chi connectivity index (χ2n) is 7.34. The van der Waals surface area contributed by atoms with E-state index >= 15 is 0 Å². The molecule has 0 fully saturated rings. The van der Waals surface area contributed by atoms with Gasteiger partial charge in [0, 0.05) is 5.56 Å². The average Bonchev–Trinajstić information content (AvgIpc) is 2.21. The van der Waals surface area contributed by atoms with Crippen LogP contribution in [0.5, 0.6) is 5.75 Å². The molecule has 0 saturated carbocycles. The lowest BCUT2D eigenvalue weighted by molar-refractivity contribution is 0.228. The minimum Gasteiger partial charge on any atom is -0.404 e. The molecule has 0 radical (unpaired) electrons. The molecule has 9 heteroatoms. The Bertz CT molecular complexity index is 665. The quantitative estimate of drug-likeness (QED) is 0.693. The minimum absolute atomic E-state index is 0.0461. The predicted octanol–water partition coefficient (Wildman–Crippen LogP) is 3.87. The van der Waals surface area contributed by atoms with Gasteiger partial charge < -0.3 is 14.3 Å². The SMILES string of the molecule is CC(C)(C)c1ccc(OP(=O)(O)OP(=O)(O)O)c(C(C)(C)C)c1. The molecule has 7 nitrogen and oxygen atoms in total. The first-order valence-electron chi connectivity index (χ1n) is 6.96. The Morgan fingerprint density at radius 2 is 1.43 bits per heavy atom. The van der Waals surface area contributed by atoms with Crippen LogP contribution in [0.4, 0.5) is 0 Å². The van der Waals surface area contributed by atoms with Gasteiger partial charge in [0.15, 0.2) is 0 Å². The maximum atomic E-state index is 11.8. The monoisotopic (exact) mass is 366 g/mol. The summed E-state index contributed by atoms with van der Waals surface area (Å²) in [4.78, 5) is 26.9. The fourth-order valence-electron chi connectivity index (χ4n) is 1.94. The molecule has 0 aliphatic rings. The molecule has 3 N–H and O–H groups in total. The highest BCUT2D eigenvalue weighted by Gasteiger charge is 2.35. The molecule has 1 unspecified atom stereocenters. The summed E-state index contributed by atoms with van der Waals surface area (Å²) in [5.41, 5.74) is 1.08. The van der Waals surface area contributed by atoms with Crippen LogP contribution in [0.15, 0.2) is 18.2 Å². The first kappa shape index (κ1) is 20.4. The second-order valence-corrected chi connectivity index (χ2v) is 10.1. The largest absolute Gasteiger partial charge is 0.536 e. The van der Waals surface area contributed by atoms with Crippen LogP contribution in [0.3, 0.4) is 0 Å². The van der Waals surface area contributed by atoms with E-state index in [1.165, 1.54) is 6.07 Å². The number of rotatable bonds is 4. The van der Waals surface area contributed by atoms with E-state index in [0.717, 1.165) is 5.56 Å². The molecule has 0 aromatic heterocycles. The van der Waals surface area contributed by atoms with Gasteiger partial charge in [0.2, 0.25) is 0 Å². The van der Waals surface area contributed by atoms with Gasteiger partial charge in [0.05, 0.1) is 0 Å². The van der Waals surface area contributed by atoms with Crippen LogP contribution in [0.1, 0.15) is 52.7 Å². The summed E-state index contributed by atoms with van der Waals surface area (Å²) in [5.74, 6) is 0.0461. The maximum Gasteiger partial charge on any atom is 0.536 e. The molecule has 1 rings (SSSR count). The summed E-state index contributed by atoms with van der Waals surface area (Å²) in [6, 6.07) is 5.10. The minimum atomic E-state index is -5.15. The van der Waals surface area contributed by atoms with Gasteiger partial charge in [-0.15, -0.1) is 0 Å². The lowest BCUT2D eigenvalue weighted by Gasteiger charge is -2.27. The summed E-state index contributed by atoms with van der Waals surface area (Å²) < 4.78 is 31.3. The van der Waals surface area contributed by atoms with Gasteiger partial charge in [-0.2, -0.15) is 4.31 Å². The first-order valence-corrected chi connectivity index (χ1v) is 9.98. The van der Waals surface area contributed by atoms with E-state index in [0.29, 0.717) is 5.56 Å². The maximum absolute atomic E-state index is 11.8. The van der Waals surface area contributed by atoms with E-state index in [1.807, 2.05) is 47.6 Å². The molecular formula is C14H24O7P2. The summed E-state index contributed by atoms with van der Waals surface area (Å²) in [7, 11) is -10.1. The molecule has 1 atom stereocenters. The smallest absolute Gasteiger partial charge is 0.404 e. The standard InChI is InChI=1S/C14H24O7P2/c1-13(2,3)10-7-8-12(11(9-10)14(4,5)6)20-23(18,19)21-22(15,16)17/h7-9H,1-6H3,(H,18,19)(H2,15,16,17). The molecule has 23 heavy (non-hydrogen) atoms. The van der Waals surface area contributed by atoms with E-state index in [-0.39, 0.29) is 11.2 Å². The zero-order valence-corrected chi connectivity index (χ0v) is 15.9. The fraction of sp³-hybridized carbons (Fsp3) is 0.571. The summed E-state index contributed by atoms with van der Waals surface area (Å²) in [6.07, 6.45) is 0. The van der Waals surface area contributed by atoms with Crippen molar-refractivity contribution in [2.75, 3.05) is 0 Å². The average molecular weight is 366 g/mol. The van der Waals surface area contributed by atoms with Crippen molar-refractivity contribution < 1.29 is 32.6 Å². The van der Waals surface area contributed by atoms with Gasteiger partial charge in [-0.25, -0.2) is 9.13 Å². The lowest BCUT2D eigenvalue weighted by Crippen LogP contribution is -2.17. The van der Waals surface area contributed by atoms with Crippen LogP contribution in [0, 0.1) is 0 Å². The molecule has 0 amide bonds. The van der Waals surface area contributed by atoms with Crippen molar-refractivity contribution in [2.24, 2.45) is 0 Å². The zero-order valence-electron chi connectivity index (χ0n) is 14.1. The highest BCUT2D eigenvalue weighted by atomic mass is 31.3. The van der Waals surface area contributed by atoms with Gasteiger partial charge >= 0.3 is 15.6 Å². The van der Waals surface area contributed by atoms with Crippen molar-refractivity contribution in [3.63, 3.8) is 0 Å². The highest BCUT2D eigenvalue weighted by molar-refractivity contribution is 7.60. The van der Waals surface area contributed by atoms with E-state index in [4.69, 9.17) is 14.3 Å². The third-order valence-corrected chi connectivity index (χ3v) is 5.18. The van der Waals surface area contributed by atoms with Crippen molar-refractivity contribution in [3.05, 3.63) is 29.3 Å². The third-order valence-electron chi connectivity index (χ3n) is 3.08. The van der Waals surface area contributed by atoms with Crippen LogP contribution in [-0.4, -0.2) is 14.7 Å². The van der Waals surface area contributed by atoms with Crippen LogP contribution in [-0.2, 0) is 24.3 Å². The molecule has 0 bridgehead atoms. The Balaban J connectivity index is 3.32. The van der Waals surface area contributed by atoms with Crippen LogP contribution >= 0.6 is 15.6 Å². The summed E-state index contributed by atoms with van der Waals surface area (Å²) in [6.45, 7) is 11.8. The molecule has 1 aromatic carbocycles. The third kappa shape index (κ3) is 6.38. The first-order chi connectivity index (χ1) is 10.0. The molecule has 0 aliphatic heterocycles. The van der Waals surface area contributed by atoms with E-state index in [9.17, 15) is 14.0 Å². The Hall–Kier alpha value is -0.680. The van der Waals surface area contributed by atoms with Gasteiger partial charge in [-0.05, 0) is 22.5 Å². The zero-order chi connectivity index (χ0) is 18.3. The normalized spacial score (nSPS) is 16.0. The number of phosphoric acid groups is 2. The van der Waals surface area contributed by atoms with Crippen molar-refractivity contribution >= 4 is 15.6 Å². The van der Waals surface area contributed by atoms with Crippen molar-refractivity contribution in [3.8, 4) is 5.75 Å². The Labute approximate surface area is 136 Å². The van der Waals surface area contributed by atoms with Crippen molar-refractivity contribution in [1.29, 1.82) is 0 Å². The molecule has 0 heterocycles. The van der Waals surface area contributed by atoms with Gasteiger partial charge in [-0.1, -0.05) is 53.7 Å². The van der Waals surface area contributed by atoms with Crippen LogP contribution in [0.2, 0.25) is 0 Å². The Morgan fingerprint density at radius 3 is 1.83 bits per heavy atom. The number of hydrogen-bond acceptors (Lipinski definition) is 4. The van der Waals surface area contributed by atoms with E-state index in [2.05, 4.69) is 4.31 Å². The van der Waals surface area contributed by atoms with Gasteiger partial charge in [0.1, 0.15) is 5.75 Å². The molecule has 132 valence electrons. The van der Waals surface area contributed by atoms with Crippen molar-refractivity contribution in [2.45, 2.75) is 52.4 Å². The summed E-state index contributed by atoms with van der Waals surface area (Å²) >= 11 is 0. The van der Waals surface area contributed by atoms with Crippen molar-refractivity contribution in [1.82, 2.24) is 0 Å². The number of phosphoric ester groups is 1. The van der Waals surface area contributed by atoms with Gasteiger partial charge in [0.25, 0.3) is 0 Å².